The molecule has 0 aliphatic carbocycles. The van der Waals surface area contributed by atoms with Crippen LogP contribution in [-0.4, -0.2) is 16.2 Å². The average molecular weight is 253 g/mol. The number of imidazole rings is 1. The van der Waals surface area contributed by atoms with E-state index in [1.165, 1.54) is 0 Å². The Hall–Kier alpha value is -1.48. The van der Waals surface area contributed by atoms with Crippen LogP contribution in [0.4, 0.5) is 0 Å². The van der Waals surface area contributed by atoms with E-state index in [2.05, 4.69) is 9.55 Å². The van der Waals surface area contributed by atoms with Crippen molar-refractivity contribution in [2.75, 3.05) is 6.61 Å². The van der Waals surface area contributed by atoms with Crippen molar-refractivity contribution < 1.29 is 4.74 Å². The number of para-hydroxylation sites is 1. The van der Waals surface area contributed by atoms with E-state index in [9.17, 15) is 0 Å². The summed E-state index contributed by atoms with van der Waals surface area (Å²) in [5.74, 6) is 0.949. The third-order valence-electron chi connectivity index (χ3n) is 2.38. The van der Waals surface area contributed by atoms with Crippen molar-refractivity contribution in [2.45, 2.75) is 19.4 Å². The van der Waals surface area contributed by atoms with Crippen molar-refractivity contribution in [1.29, 1.82) is 0 Å². The minimum Gasteiger partial charge on any atom is -0.494 e. The zero-order valence-corrected chi connectivity index (χ0v) is 10.5. The molecule has 0 atom stereocenters. The summed E-state index contributed by atoms with van der Waals surface area (Å²) >= 11 is 0. The molecule has 1 aromatic carbocycles. The lowest BCUT2D eigenvalue weighted by Crippen LogP contribution is -2.00. The van der Waals surface area contributed by atoms with Gasteiger partial charge in [0.2, 0.25) is 0 Å². The van der Waals surface area contributed by atoms with E-state index in [0.717, 1.165) is 31.7 Å². The van der Waals surface area contributed by atoms with Gasteiger partial charge in [0.25, 0.3) is 0 Å². The molecule has 0 amide bonds. The number of benzene rings is 1. The molecular weight excluding hydrogens is 236 g/mol. The molecule has 4 heteroatoms. The van der Waals surface area contributed by atoms with Gasteiger partial charge >= 0.3 is 0 Å². The number of rotatable bonds is 6. The largest absolute Gasteiger partial charge is 0.494 e. The van der Waals surface area contributed by atoms with Gasteiger partial charge in [-0.1, -0.05) is 18.2 Å². The highest BCUT2D eigenvalue weighted by molar-refractivity contribution is 5.85. The SMILES string of the molecule is Cl.c1ccc(OCCCCn2ccnc2)cc1. The molecule has 0 saturated heterocycles. The second-order valence-electron chi connectivity index (χ2n) is 3.67. The lowest BCUT2D eigenvalue weighted by Gasteiger charge is -2.05. The molecule has 0 saturated carbocycles. The molecule has 1 heterocycles. The van der Waals surface area contributed by atoms with Gasteiger partial charge in [-0.05, 0) is 25.0 Å². The van der Waals surface area contributed by atoms with E-state index in [0.29, 0.717) is 0 Å². The Morgan fingerprint density at radius 3 is 2.65 bits per heavy atom. The molecule has 2 aromatic rings. The van der Waals surface area contributed by atoms with Gasteiger partial charge in [0, 0.05) is 18.9 Å². The Morgan fingerprint density at radius 1 is 1.12 bits per heavy atom. The lowest BCUT2D eigenvalue weighted by atomic mass is 10.3. The summed E-state index contributed by atoms with van der Waals surface area (Å²) in [4.78, 5) is 4.00. The van der Waals surface area contributed by atoms with Gasteiger partial charge < -0.3 is 9.30 Å². The van der Waals surface area contributed by atoms with Crippen molar-refractivity contribution in [1.82, 2.24) is 9.55 Å². The monoisotopic (exact) mass is 252 g/mol. The number of unbranched alkanes of at least 4 members (excludes halogenated alkanes) is 1. The van der Waals surface area contributed by atoms with Gasteiger partial charge in [0.15, 0.2) is 0 Å². The Labute approximate surface area is 108 Å². The quantitative estimate of drug-likeness (QED) is 0.739. The number of aromatic nitrogens is 2. The minimum absolute atomic E-state index is 0. The van der Waals surface area contributed by atoms with Crippen LogP contribution in [0.5, 0.6) is 5.75 Å². The molecule has 0 N–H and O–H groups in total. The molecule has 17 heavy (non-hydrogen) atoms. The van der Waals surface area contributed by atoms with Gasteiger partial charge in [-0.15, -0.1) is 12.4 Å². The minimum atomic E-state index is 0. The zero-order valence-electron chi connectivity index (χ0n) is 9.66. The van der Waals surface area contributed by atoms with Gasteiger partial charge in [-0.2, -0.15) is 0 Å². The first-order valence-electron chi connectivity index (χ1n) is 5.59. The smallest absolute Gasteiger partial charge is 0.119 e. The maximum atomic E-state index is 5.60. The van der Waals surface area contributed by atoms with Gasteiger partial charge in [0.1, 0.15) is 5.75 Å². The summed E-state index contributed by atoms with van der Waals surface area (Å²) in [5.41, 5.74) is 0. The third kappa shape index (κ3) is 4.91. The lowest BCUT2D eigenvalue weighted by molar-refractivity contribution is 0.303. The molecular formula is C13H17ClN2O. The zero-order chi connectivity index (χ0) is 11.1. The van der Waals surface area contributed by atoms with Crippen LogP contribution in [0.2, 0.25) is 0 Å². The number of hydrogen-bond acceptors (Lipinski definition) is 2. The molecule has 92 valence electrons. The van der Waals surface area contributed by atoms with Crippen LogP contribution in [-0.2, 0) is 6.54 Å². The fourth-order valence-corrected chi connectivity index (χ4v) is 1.52. The van der Waals surface area contributed by atoms with Crippen molar-refractivity contribution in [3.05, 3.63) is 49.1 Å². The van der Waals surface area contributed by atoms with Crippen LogP contribution >= 0.6 is 12.4 Å². The summed E-state index contributed by atoms with van der Waals surface area (Å²) in [6, 6.07) is 9.93. The van der Waals surface area contributed by atoms with Crippen LogP contribution in [0.25, 0.3) is 0 Å². The van der Waals surface area contributed by atoms with E-state index in [4.69, 9.17) is 4.74 Å². The Bertz CT molecular complexity index is 389. The molecule has 0 spiro atoms. The maximum absolute atomic E-state index is 5.60. The highest BCUT2D eigenvalue weighted by Crippen LogP contribution is 2.08. The average Bonchev–Trinajstić information content (AvgIpc) is 2.83. The van der Waals surface area contributed by atoms with Crippen molar-refractivity contribution in [2.24, 2.45) is 0 Å². The van der Waals surface area contributed by atoms with Crippen molar-refractivity contribution >= 4 is 12.4 Å². The molecule has 1 aromatic heterocycles. The van der Waals surface area contributed by atoms with Crippen molar-refractivity contribution in [3.8, 4) is 5.75 Å². The highest BCUT2D eigenvalue weighted by atomic mass is 35.5. The maximum Gasteiger partial charge on any atom is 0.119 e. The normalized spacial score (nSPS) is 9.65. The van der Waals surface area contributed by atoms with Gasteiger partial charge in [-0.3, -0.25) is 0 Å². The number of aryl methyl sites for hydroxylation is 1. The highest BCUT2D eigenvalue weighted by Gasteiger charge is 1.93. The topological polar surface area (TPSA) is 27.1 Å². The second kappa shape index (κ2) is 7.74. The molecule has 0 aliphatic rings. The molecule has 0 radical (unpaired) electrons. The molecule has 0 bridgehead atoms. The van der Waals surface area contributed by atoms with E-state index >= 15 is 0 Å². The van der Waals surface area contributed by atoms with Gasteiger partial charge in [-0.25, -0.2) is 4.98 Å². The Kier molecular flexibility index (Phi) is 6.18. The summed E-state index contributed by atoms with van der Waals surface area (Å²) in [5, 5.41) is 0. The first-order chi connectivity index (χ1) is 7.95. The second-order valence-corrected chi connectivity index (χ2v) is 3.67. The third-order valence-corrected chi connectivity index (χ3v) is 2.38. The molecule has 0 aliphatic heterocycles. The van der Waals surface area contributed by atoms with E-state index in [1.54, 1.807) is 6.20 Å². The molecule has 0 fully saturated rings. The predicted molar refractivity (Wildman–Crippen MR) is 70.6 cm³/mol. The summed E-state index contributed by atoms with van der Waals surface area (Å²) in [6.45, 7) is 1.79. The van der Waals surface area contributed by atoms with Crippen LogP contribution in [0.15, 0.2) is 49.1 Å². The van der Waals surface area contributed by atoms with E-state index < -0.39 is 0 Å². The van der Waals surface area contributed by atoms with Crippen LogP contribution in [0.1, 0.15) is 12.8 Å². The fraction of sp³-hybridized carbons (Fsp3) is 0.308. The molecule has 2 rings (SSSR count). The summed E-state index contributed by atoms with van der Waals surface area (Å²) < 4.78 is 7.69. The van der Waals surface area contributed by atoms with E-state index in [1.807, 2.05) is 42.9 Å². The van der Waals surface area contributed by atoms with E-state index in [-0.39, 0.29) is 12.4 Å². The fourth-order valence-electron chi connectivity index (χ4n) is 1.52. The first-order valence-corrected chi connectivity index (χ1v) is 5.59. The standard InChI is InChI=1S/C13H16N2O.ClH/c1-2-6-13(7-3-1)16-11-5-4-9-15-10-8-14-12-15;/h1-3,6-8,10,12H,4-5,9,11H2;1H. The van der Waals surface area contributed by atoms with Crippen molar-refractivity contribution in [3.63, 3.8) is 0 Å². The van der Waals surface area contributed by atoms with Crippen LogP contribution < -0.4 is 4.74 Å². The number of hydrogen-bond donors (Lipinski definition) is 0. The Balaban J connectivity index is 0.00000144. The predicted octanol–water partition coefficient (Wildman–Crippen LogP) is 3.16. The number of ether oxygens (including phenoxy) is 1. The molecule has 0 unspecified atom stereocenters. The van der Waals surface area contributed by atoms with Crippen LogP contribution in [0, 0.1) is 0 Å². The molecule has 3 nitrogen and oxygen atoms in total. The number of nitrogens with zero attached hydrogens (tertiary/aromatic N) is 2. The number of halogens is 1. The van der Waals surface area contributed by atoms with Crippen LogP contribution in [0.3, 0.4) is 0 Å². The Morgan fingerprint density at radius 2 is 1.94 bits per heavy atom. The first kappa shape index (κ1) is 13.6. The van der Waals surface area contributed by atoms with Gasteiger partial charge in [0.05, 0.1) is 12.9 Å². The summed E-state index contributed by atoms with van der Waals surface area (Å²) in [7, 11) is 0. The summed E-state index contributed by atoms with van der Waals surface area (Å²) in [6.07, 6.45) is 7.81.